The Labute approximate surface area is 126 Å². The van der Waals surface area contributed by atoms with Crippen LogP contribution in [0.1, 0.15) is 17.3 Å². The van der Waals surface area contributed by atoms with Gasteiger partial charge in [-0.1, -0.05) is 11.2 Å². The van der Waals surface area contributed by atoms with E-state index < -0.39 is 0 Å². The van der Waals surface area contributed by atoms with Crippen LogP contribution in [0.3, 0.4) is 0 Å². The average molecular weight is 298 g/mol. The van der Waals surface area contributed by atoms with Crippen molar-refractivity contribution < 1.29 is 9.32 Å². The summed E-state index contributed by atoms with van der Waals surface area (Å²) in [6.45, 7) is 3.61. The highest BCUT2D eigenvalue weighted by molar-refractivity contribution is 5.92. The van der Waals surface area contributed by atoms with Gasteiger partial charge in [-0.05, 0) is 42.5 Å². The lowest BCUT2D eigenvalue weighted by atomic mass is 10.2. The number of tetrazole rings is 1. The summed E-state index contributed by atoms with van der Waals surface area (Å²) in [5.41, 5.74) is 2.18. The third kappa shape index (κ3) is 3.00. The highest BCUT2D eigenvalue weighted by Crippen LogP contribution is 2.15. The van der Waals surface area contributed by atoms with Gasteiger partial charge < -0.3 is 9.84 Å². The predicted octanol–water partition coefficient (Wildman–Crippen LogP) is 1.45. The molecule has 2 heterocycles. The molecular formula is C14H14N6O2. The van der Waals surface area contributed by atoms with Gasteiger partial charge in [0.05, 0.1) is 17.8 Å². The number of aryl methyl sites for hydroxylation is 2. The van der Waals surface area contributed by atoms with Crippen LogP contribution >= 0.6 is 0 Å². The summed E-state index contributed by atoms with van der Waals surface area (Å²) < 4.78 is 6.62. The first-order valence-electron chi connectivity index (χ1n) is 6.69. The minimum absolute atomic E-state index is 0.134. The van der Waals surface area contributed by atoms with Gasteiger partial charge in [-0.25, -0.2) is 0 Å². The van der Waals surface area contributed by atoms with Crippen LogP contribution in [-0.2, 0) is 11.2 Å². The van der Waals surface area contributed by atoms with Crippen molar-refractivity contribution in [1.82, 2.24) is 25.4 Å². The SMILES string of the molecule is Cc1cc(CC(=O)Nc2cccc(-n3nnnc3C)c2)on1. The summed E-state index contributed by atoms with van der Waals surface area (Å²) in [6, 6.07) is 9.02. The van der Waals surface area contributed by atoms with E-state index in [0.29, 0.717) is 17.3 Å². The Morgan fingerprint density at radius 3 is 2.86 bits per heavy atom. The summed E-state index contributed by atoms with van der Waals surface area (Å²) >= 11 is 0. The van der Waals surface area contributed by atoms with E-state index in [9.17, 15) is 4.79 Å². The molecule has 0 aliphatic heterocycles. The molecule has 1 aromatic carbocycles. The maximum absolute atomic E-state index is 12.0. The van der Waals surface area contributed by atoms with Gasteiger partial charge in [0.1, 0.15) is 5.76 Å². The Morgan fingerprint density at radius 1 is 1.32 bits per heavy atom. The predicted molar refractivity (Wildman–Crippen MR) is 77.5 cm³/mol. The third-order valence-electron chi connectivity index (χ3n) is 3.01. The number of nitrogens with zero attached hydrogens (tertiary/aromatic N) is 5. The van der Waals surface area contributed by atoms with Crippen molar-refractivity contribution in [2.45, 2.75) is 20.3 Å². The van der Waals surface area contributed by atoms with Crippen LogP contribution in [0.5, 0.6) is 0 Å². The Morgan fingerprint density at radius 2 is 2.18 bits per heavy atom. The van der Waals surface area contributed by atoms with E-state index >= 15 is 0 Å². The van der Waals surface area contributed by atoms with E-state index in [1.54, 1.807) is 29.8 Å². The molecule has 0 unspecified atom stereocenters. The Balaban J connectivity index is 1.73. The third-order valence-corrected chi connectivity index (χ3v) is 3.01. The molecule has 0 saturated heterocycles. The van der Waals surface area contributed by atoms with E-state index in [0.717, 1.165) is 11.4 Å². The smallest absolute Gasteiger partial charge is 0.232 e. The fraction of sp³-hybridized carbons (Fsp3) is 0.214. The van der Waals surface area contributed by atoms with Gasteiger partial charge in [-0.2, -0.15) is 4.68 Å². The van der Waals surface area contributed by atoms with Crippen LogP contribution in [0.15, 0.2) is 34.9 Å². The van der Waals surface area contributed by atoms with Gasteiger partial charge >= 0.3 is 0 Å². The van der Waals surface area contributed by atoms with Gasteiger partial charge in [-0.3, -0.25) is 4.79 Å². The number of anilines is 1. The quantitative estimate of drug-likeness (QED) is 0.782. The van der Waals surface area contributed by atoms with E-state index in [-0.39, 0.29) is 12.3 Å². The van der Waals surface area contributed by atoms with Crippen molar-refractivity contribution in [3.8, 4) is 5.69 Å². The largest absolute Gasteiger partial charge is 0.361 e. The number of aromatic nitrogens is 5. The summed E-state index contributed by atoms with van der Waals surface area (Å²) in [4.78, 5) is 12.0. The lowest BCUT2D eigenvalue weighted by Crippen LogP contribution is -2.14. The maximum Gasteiger partial charge on any atom is 0.232 e. The van der Waals surface area contributed by atoms with Crippen LogP contribution < -0.4 is 5.32 Å². The lowest BCUT2D eigenvalue weighted by Gasteiger charge is -2.07. The molecule has 0 bridgehead atoms. The molecule has 0 saturated carbocycles. The van der Waals surface area contributed by atoms with Crippen molar-refractivity contribution in [2.24, 2.45) is 0 Å². The van der Waals surface area contributed by atoms with E-state index in [1.807, 2.05) is 19.1 Å². The average Bonchev–Trinajstić information content (AvgIpc) is 3.07. The molecule has 0 radical (unpaired) electrons. The number of benzene rings is 1. The zero-order valence-corrected chi connectivity index (χ0v) is 12.1. The molecule has 1 N–H and O–H groups in total. The molecule has 0 aliphatic rings. The number of carbonyl (C=O) groups is 1. The van der Waals surface area contributed by atoms with Crippen molar-refractivity contribution in [3.63, 3.8) is 0 Å². The molecule has 22 heavy (non-hydrogen) atoms. The van der Waals surface area contributed by atoms with Crippen LogP contribution in [0.4, 0.5) is 5.69 Å². The fourth-order valence-corrected chi connectivity index (χ4v) is 2.05. The number of nitrogens with one attached hydrogen (secondary N) is 1. The molecule has 112 valence electrons. The van der Waals surface area contributed by atoms with Crippen molar-refractivity contribution in [1.29, 1.82) is 0 Å². The highest BCUT2D eigenvalue weighted by atomic mass is 16.5. The number of amides is 1. The molecule has 1 amide bonds. The number of hydrogen-bond acceptors (Lipinski definition) is 6. The van der Waals surface area contributed by atoms with Crippen LogP contribution in [-0.4, -0.2) is 31.3 Å². The van der Waals surface area contributed by atoms with Crippen molar-refractivity contribution >= 4 is 11.6 Å². The lowest BCUT2D eigenvalue weighted by molar-refractivity contribution is -0.115. The first kappa shape index (κ1) is 13.9. The fourth-order valence-electron chi connectivity index (χ4n) is 2.05. The Kier molecular flexibility index (Phi) is 3.65. The molecule has 8 nitrogen and oxygen atoms in total. The second-order valence-electron chi connectivity index (χ2n) is 4.85. The van der Waals surface area contributed by atoms with Gasteiger partial charge in [0.15, 0.2) is 5.82 Å². The zero-order valence-electron chi connectivity index (χ0n) is 12.1. The summed E-state index contributed by atoms with van der Waals surface area (Å²) in [5, 5.41) is 17.9. The molecule has 3 aromatic rings. The highest BCUT2D eigenvalue weighted by Gasteiger charge is 2.10. The van der Waals surface area contributed by atoms with Crippen LogP contribution in [0, 0.1) is 13.8 Å². The summed E-state index contributed by atoms with van der Waals surface area (Å²) in [5.74, 6) is 1.02. The van der Waals surface area contributed by atoms with Crippen LogP contribution in [0.2, 0.25) is 0 Å². The molecule has 0 atom stereocenters. The second kappa shape index (κ2) is 5.76. The minimum atomic E-state index is -0.179. The number of carbonyl (C=O) groups excluding carboxylic acids is 1. The molecule has 2 aromatic heterocycles. The van der Waals surface area contributed by atoms with Crippen molar-refractivity contribution in [3.05, 3.63) is 47.6 Å². The first-order chi connectivity index (χ1) is 10.6. The molecular weight excluding hydrogens is 284 g/mol. The van der Waals surface area contributed by atoms with Gasteiger partial charge in [0, 0.05) is 11.8 Å². The van der Waals surface area contributed by atoms with E-state index in [1.165, 1.54) is 0 Å². The monoisotopic (exact) mass is 298 g/mol. The normalized spacial score (nSPS) is 10.6. The number of rotatable bonds is 4. The maximum atomic E-state index is 12.0. The minimum Gasteiger partial charge on any atom is -0.361 e. The number of hydrogen-bond donors (Lipinski definition) is 1. The van der Waals surface area contributed by atoms with Gasteiger partial charge in [0.2, 0.25) is 5.91 Å². The molecule has 3 rings (SSSR count). The first-order valence-corrected chi connectivity index (χ1v) is 6.69. The molecule has 0 fully saturated rings. The Hall–Kier alpha value is -3.03. The van der Waals surface area contributed by atoms with Gasteiger partial charge in [-0.15, -0.1) is 5.10 Å². The zero-order chi connectivity index (χ0) is 15.5. The Bertz CT molecular complexity index is 807. The standard InChI is InChI=1S/C14H14N6O2/c1-9-6-13(22-17-9)8-14(21)15-11-4-3-5-12(7-11)20-10(2)16-18-19-20/h3-7H,8H2,1-2H3,(H,15,21). The topological polar surface area (TPSA) is 98.7 Å². The molecule has 0 aliphatic carbocycles. The summed E-state index contributed by atoms with van der Waals surface area (Å²) in [7, 11) is 0. The van der Waals surface area contributed by atoms with Crippen molar-refractivity contribution in [2.75, 3.05) is 5.32 Å². The van der Waals surface area contributed by atoms with Gasteiger partial charge in [0.25, 0.3) is 0 Å². The molecule has 8 heteroatoms. The van der Waals surface area contributed by atoms with Crippen LogP contribution in [0.25, 0.3) is 5.69 Å². The van der Waals surface area contributed by atoms with E-state index in [2.05, 4.69) is 26.0 Å². The summed E-state index contributed by atoms with van der Waals surface area (Å²) in [6.07, 6.45) is 0.134. The molecule has 0 spiro atoms. The second-order valence-corrected chi connectivity index (χ2v) is 4.85. The van der Waals surface area contributed by atoms with E-state index in [4.69, 9.17) is 4.52 Å².